The lowest BCUT2D eigenvalue weighted by molar-refractivity contribution is -0.384. The first-order valence-corrected chi connectivity index (χ1v) is 8.09. The van der Waals surface area contributed by atoms with Crippen molar-refractivity contribution in [2.24, 2.45) is 0 Å². The van der Waals surface area contributed by atoms with Crippen molar-refractivity contribution < 1.29 is 9.72 Å². The highest BCUT2D eigenvalue weighted by Gasteiger charge is 2.07. The highest BCUT2D eigenvalue weighted by Crippen LogP contribution is 2.21. The number of aryl methyl sites for hydroxylation is 1. The van der Waals surface area contributed by atoms with Crippen LogP contribution in [0.2, 0.25) is 0 Å². The van der Waals surface area contributed by atoms with Crippen LogP contribution in [0.1, 0.15) is 10.4 Å². The predicted molar refractivity (Wildman–Crippen MR) is 84.7 cm³/mol. The number of benzene rings is 1. The lowest BCUT2D eigenvalue weighted by Gasteiger charge is -2.04. The molecular formula is C14H14N2O3S2. The quantitative estimate of drug-likeness (QED) is 0.503. The normalized spacial score (nSPS) is 10.3. The van der Waals surface area contributed by atoms with Gasteiger partial charge in [-0.15, -0.1) is 23.1 Å². The van der Waals surface area contributed by atoms with Crippen molar-refractivity contribution in [1.29, 1.82) is 0 Å². The molecule has 1 N–H and O–H groups in total. The maximum absolute atomic E-state index is 11.8. The molecule has 1 heterocycles. The molecule has 0 aliphatic rings. The molecule has 0 aliphatic heterocycles. The summed E-state index contributed by atoms with van der Waals surface area (Å²) in [6.45, 7) is 2.56. The standard InChI is InChI=1S/C14H14N2O3S2/c1-10-6-7-20-13(10)8-15-14(17)9-21-12-4-2-11(3-5-12)16(18)19/h2-7H,8-9H2,1H3,(H,15,17). The number of carbonyl (C=O) groups is 1. The number of thioether (sulfide) groups is 1. The first-order valence-electron chi connectivity index (χ1n) is 6.23. The van der Waals surface area contributed by atoms with E-state index in [-0.39, 0.29) is 11.6 Å². The van der Waals surface area contributed by atoms with Gasteiger partial charge in [0.25, 0.3) is 5.69 Å². The number of nitro benzene ring substituents is 1. The molecule has 0 saturated carbocycles. The Balaban J connectivity index is 1.78. The van der Waals surface area contributed by atoms with Crippen LogP contribution in [0.4, 0.5) is 5.69 Å². The zero-order chi connectivity index (χ0) is 15.2. The molecule has 2 rings (SSSR count). The zero-order valence-corrected chi connectivity index (χ0v) is 13.0. The number of carbonyl (C=O) groups excluding carboxylic acids is 1. The number of non-ortho nitro benzene ring substituents is 1. The summed E-state index contributed by atoms with van der Waals surface area (Å²) in [7, 11) is 0. The van der Waals surface area contributed by atoms with Crippen LogP contribution in [0.15, 0.2) is 40.6 Å². The van der Waals surface area contributed by atoms with Crippen molar-refractivity contribution >= 4 is 34.7 Å². The smallest absolute Gasteiger partial charge is 0.269 e. The van der Waals surface area contributed by atoms with Gasteiger partial charge in [-0.25, -0.2) is 0 Å². The summed E-state index contributed by atoms with van der Waals surface area (Å²) in [6.07, 6.45) is 0. The highest BCUT2D eigenvalue weighted by molar-refractivity contribution is 8.00. The average molecular weight is 322 g/mol. The summed E-state index contributed by atoms with van der Waals surface area (Å²) < 4.78 is 0. The van der Waals surface area contributed by atoms with Gasteiger partial charge in [-0.3, -0.25) is 14.9 Å². The van der Waals surface area contributed by atoms with Crippen LogP contribution < -0.4 is 5.32 Å². The Labute approximate surface area is 130 Å². The number of thiophene rings is 1. The Morgan fingerprint density at radius 2 is 2.05 bits per heavy atom. The number of hydrogen-bond acceptors (Lipinski definition) is 5. The number of nitrogens with zero attached hydrogens (tertiary/aromatic N) is 1. The number of amides is 1. The molecule has 0 atom stereocenters. The molecule has 2 aromatic rings. The molecule has 0 fully saturated rings. The van der Waals surface area contributed by atoms with E-state index in [2.05, 4.69) is 5.32 Å². The van der Waals surface area contributed by atoms with Crippen molar-refractivity contribution in [3.63, 3.8) is 0 Å². The average Bonchev–Trinajstić information content (AvgIpc) is 2.88. The number of hydrogen-bond donors (Lipinski definition) is 1. The molecule has 1 aromatic carbocycles. The zero-order valence-electron chi connectivity index (χ0n) is 11.4. The molecular weight excluding hydrogens is 308 g/mol. The van der Waals surface area contributed by atoms with E-state index in [4.69, 9.17) is 0 Å². The van der Waals surface area contributed by atoms with Crippen molar-refractivity contribution in [1.82, 2.24) is 5.32 Å². The van der Waals surface area contributed by atoms with Crippen molar-refractivity contribution in [3.05, 3.63) is 56.3 Å². The van der Waals surface area contributed by atoms with Gasteiger partial charge in [-0.1, -0.05) is 0 Å². The second-order valence-electron chi connectivity index (χ2n) is 4.34. The monoisotopic (exact) mass is 322 g/mol. The minimum atomic E-state index is -0.440. The fourth-order valence-electron chi connectivity index (χ4n) is 1.63. The van der Waals surface area contributed by atoms with E-state index in [1.165, 1.54) is 29.5 Å². The predicted octanol–water partition coefficient (Wildman–Crippen LogP) is 3.37. The Bertz CT molecular complexity index is 638. The Morgan fingerprint density at radius 1 is 1.33 bits per heavy atom. The molecule has 0 bridgehead atoms. The first kappa shape index (κ1) is 15.5. The Kier molecular flexibility index (Phi) is 5.35. The minimum absolute atomic E-state index is 0.0499. The summed E-state index contributed by atoms with van der Waals surface area (Å²) in [4.78, 5) is 23.9. The third-order valence-corrected chi connectivity index (χ3v) is 4.87. The second-order valence-corrected chi connectivity index (χ2v) is 6.39. The van der Waals surface area contributed by atoms with Gasteiger partial charge in [-0.05, 0) is 36.1 Å². The molecule has 7 heteroatoms. The lowest BCUT2D eigenvalue weighted by Crippen LogP contribution is -2.24. The molecule has 5 nitrogen and oxygen atoms in total. The summed E-state index contributed by atoms with van der Waals surface area (Å²) in [5, 5.41) is 15.4. The van der Waals surface area contributed by atoms with Crippen molar-refractivity contribution in [2.75, 3.05) is 5.75 Å². The number of nitro groups is 1. The molecule has 1 amide bonds. The molecule has 21 heavy (non-hydrogen) atoms. The minimum Gasteiger partial charge on any atom is -0.350 e. The van der Waals surface area contributed by atoms with Gasteiger partial charge in [0.15, 0.2) is 0 Å². The Hall–Kier alpha value is -1.86. The maximum Gasteiger partial charge on any atom is 0.269 e. The molecule has 0 radical (unpaired) electrons. The molecule has 1 aromatic heterocycles. The van der Waals surface area contributed by atoms with Crippen molar-refractivity contribution in [2.45, 2.75) is 18.4 Å². The highest BCUT2D eigenvalue weighted by atomic mass is 32.2. The Morgan fingerprint density at radius 3 is 2.62 bits per heavy atom. The molecule has 0 aliphatic carbocycles. The van der Waals surface area contributed by atoms with Gasteiger partial charge in [0, 0.05) is 21.9 Å². The molecule has 0 saturated heterocycles. The van der Waals surface area contributed by atoms with E-state index >= 15 is 0 Å². The second kappa shape index (κ2) is 7.24. The van der Waals surface area contributed by atoms with Crippen LogP contribution in [0.25, 0.3) is 0 Å². The summed E-state index contributed by atoms with van der Waals surface area (Å²) in [6, 6.07) is 8.21. The van der Waals surface area contributed by atoms with Gasteiger partial charge in [-0.2, -0.15) is 0 Å². The molecule has 0 unspecified atom stereocenters. The summed E-state index contributed by atoms with van der Waals surface area (Å²) in [5.41, 5.74) is 1.24. The summed E-state index contributed by atoms with van der Waals surface area (Å²) >= 11 is 2.98. The fraction of sp³-hybridized carbons (Fsp3) is 0.214. The SMILES string of the molecule is Cc1ccsc1CNC(=O)CSc1ccc([N+](=O)[O-])cc1. The van der Waals surface area contributed by atoms with Crippen LogP contribution in [0, 0.1) is 17.0 Å². The fourth-order valence-corrected chi connectivity index (χ4v) is 3.20. The van der Waals surface area contributed by atoms with E-state index in [1.54, 1.807) is 23.5 Å². The van der Waals surface area contributed by atoms with E-state index in [9.17, 15) is 14.9 Å². The maximum atomic E-state index is 11.8. The van der Waals surface area contributed by atoms with Crippen molar-refractivity contribution in [3.8, 4) is 0 Å². The largest absolute Gasteiger partial charge is 0.350 e. The lowest BCUT2D eigenvalue weighted by atomic mass is 10.3. The van der Waals surface area contributed by atoms with Gasteiger partial charge >= 0.3 is 0 Å². The van der Waals surface area contributed by atoms with Crippen LogP contribution in [0.3, 0.4) is 0 Å². The number of rotatable bonds is 6. The third kappa shape index (κ3) is 4.57. The number of nitrogens with one attached hydrogen (secondary N) is 1. The van der Waals surface area contributed by atoms with Gasteiger partial charge < -0.3 is 5.32 Å². The van der Waals surface area contributed by atoms with Gasteiger partial charge in [0.05, 0.1) is 17.2 Å². The van der Waals surface area contributed by atoms with Crippen LogP contribution >= 0.6 is 23.1 Å². The van der Waals surface area contributed by atoms with Gasteiger partial charge in [0.1, 0.15) is 0 Å². The van der Waals surface area contributed by atoms with E-state index < -0.39 is 4.92 Å². The van der Waals surface area contributed by atoms with Crippen LogP contribution in [-0.2, 0) is 11.3 Å². The van der Waals surface area contributed by atoms with E-state index in [1.807, 2.05) is 18.4 Å². The molecule has 110 valence electrons. The first-order chi connectivity index (χ1) is 10.1. The molecule has 0 spiro atoms. The summed E-state index contributed by atoms with van der Waals surface area (Å²) in [5.74, 6) is 0.244. The van der Waals surface area contributed by atoms with Crippen LogP contribution in [0.5, 0.6) is 0 Å². The van der Waals surface area contributed by atoms with E-state index in [0.29, 0.717) is 12.3 Å². The van der Waals surface area contributed by atoms with Gasteiger partial charge in [0.2, 0.25) is 5.91 Å². The van der Waals surface area contributed by atoms with E-state index in [0.717, 1.165) is 9.77 Å². The van der Waals surface area contributed by atoms with Crippen LogP contribution in [-0.4, -0.2) is 16.6 Å². The third-order valence-electron chi connectivity index (χ3n) is 2.83. The topological polar surface area (TPSA) is 72.2 Å².